The van der Waals surface area contributed by atoms with Crippen LogP contribution in [0.15, 0.2) is 0 Å². The third-order valence-electron chi connectivity index (χ3n) is 8.46. The first-order valence-corrected chi connectivity index (χ1v) is 18.2. The van der Waals surface area contributed by atoms with Crippen LogP contribution in [0.5, 0.6) is 0 Å². The molecular formula is C33H56N8O16. The van der Waals surface area contributed by atoms with Gasteiger partial charge < -0.3 is 56.7 Å². The molecule has 0 spiro atoms. The predicted molar refractivity (Wildman–Crippen MR) is 195 cm³/mol. The molecule has 0 aliphatic carbocycles. The molecule has 1 fully saturated rings. The molecule has 1 rings (SSSR count). The van der Waals surface area contributed by atoms with E-state index >= 15 is 0 Å². The Morgan fingerprint density at radius 2 is 1.07 bits per heavy atom. The Kier molecular flexibility index (Phi) is 24.9. The van der Waals surface area contributed by atoms with Crippen LogP contribution in [0.3, 0.4) is 0 Å². The molecule has 0 aromatic rings. The third kappa shape index (κ3) is 25.0. The standard InChI is InChI=1S/C33H56N8O16/c34-25(42)5-6-36-32(53)23(1-4-28(45)46)37-27(44)22-57-18-17-56-16-7-35-26(43)3-2-24(33(54)55)41-14-12-39(20-30(49)50)10-8-38(19-29(47)48)9-11-40(13-15-41)21-31(51)52/h23-24H,1-22H2,(H2,34,42)(H,35,43)(H,36,53)(H,37,44)(H,45,46)(H,47,48)(H,49,50)(H,51,52)(H,54,55)/t23-,24-/m1/s1. The number of ether oxygens (including phenoxy) is 2. The third-order valence-corrected chi connectivity index (χ3v) is 8.46. The van der Waals surface area contributed by atoms with Gasteiger partial charge in [0, 0.05) is 84.7 Å². The minimum absolute atomic E-state index is 0.0185. The molecule has 0 saturated carbocycles. The minimum atomic E-state index is -1.23. The van der Waals surface area contributed by atoms with Crippen molar-refractivity contribution in [3.05, 3.63) is 0 Å². The van der Waals surface area contributed by atoms with Crippen LogP contribution in [0.4, 0.5) is 0 Å². The van der Waals surface area contributed by atoms with Gasteiger partial charge in [-0.25, -0.2) is 0 Å². The molecular weight excluding hydrogens is 764 g/mol. The molecule has 24 nitrogen and oxygen atoms in total. The molecule has 0 radical (unpaired) electrons. The average Bonchev–Trinajstić information content (AvgIpc) is 3.10. The topological polar surface area (TPSA) is 348 Å². The molecule has 0 aromatic heterocycles. The zero-order valence-corrected chi connectivity index (χ0v) is 31.8. The molecule has 1 saturated heterocycles. The fourth-order valence-electron chi connectivity index (χ4n) is 5.58. The fraction of sp³-hybridized carbons (Fsp3) is 0.727. The Morgan fingerprint density at radius 1 is 0.561 bits per heavy atom. The highest BCUT2D eigenvalue weighted by Gasteiger charge is 2.29. The van der Waals surface area contributed by atoms with E-state index in [4.69, 9.17) is 20.3 Å². The summed E-state index contributed by atoms with van der Waals surface area (Å²) in [6.07, 6.45) is -1.05. The molecule has 10 N–H and O–H groups in total. The lowest BCUT2D eigenvalue weighted by Gasteiger charge is -2.35. The van der Waals surface area contributed by atoms with Gasteiger partial charge in [-0.3, -0.25) is 62.8 Å². The second kappa shape index (κ2) is 28.4. The summed E-state index contributed by atoms with van der Waals surface area (Å²) in [7, 11) is 0. The van der Waals surface area contributed by atoms with Gasteiger partial charge in [0.15, 0.2) is 0 Å². The second-order valence-corrected chi connectivity index (χ2v) is 13.0. The molecule has 1 aliphatic heterocycles. The summed E-state index contributed by atoms with van der Waals surface area (Å²) in [5.74, 6) is -8.26. The number of carboxylic acid groups (broad SMARTS) is 5. The lowest BCUT2D eigenvalue weighted by molar-refractivity contribution is -0.145. The highest BCUT2D eigenvalue weighted by molar-refractivity contribution is 5.88. The normalized spacial score (nSPS) is 16.2. The monoisotopic (exact) mass is 820 g/mol. The molecule has 57 heavy (non-hydrogen) atoms. The molecule has 2 atom stereocenters. The van der Waals surface area contributed by atoms with E-state index in [1.165, 1.54) is 0 Å². The van der Waals surface area contributed by atoms with E-state index in [-0.39, 0.29) is 131 Å². The van der Waals surface area contributed by atoms with Crippen molar-refractivity contribution >= 4 is 53.5 Å². The summed E-state index contributed by atoms with van der Waals surface area (Å²) >= 11 is 0. The summed E-state index contributed by atoms with van der Waals surface area (Å²) in [4.78, 5) is 112. The number of carbonyl (C=O) groups is 9. The number of carbonyl (C=O) groups excluding carboxylic acids is 4. The summed E-state index contributed by atoms with van der Waals surface area (Å²) in [5, 5.41) is 54.6. The Labute approximate surface area is 328 Å². The lowest BCUT2D eigenvalue weighted by atomic mass is 10.1. The first-order valence-electron chi connectivity index (χ1n) is 18.2. The highest BCUT2D eigenvalue weighted by Crippen LogP contribution is 2.11. The molecule has 0 unspecified atom stereocenters. The van der Waals surface area contributed by atoms with E-state index < -0.39 is 78.6 Å². The van der Waals surface area contributed by atoms with Crippen molar-refractivity contribution in [1.29, 1.82) is 0 Å². The predicted octanol–water partition coefficient (Wildman–Crippen LogP) is -4.81. The van der Waals surface area contributed by atoms with Gasteiger partial charge in [-0.05, 0) is 12.8 Å². The molecule has 24 heteroatoms. The van der Waals surface area contributed by atoms with E-state index in [2.05, 4.69) is 16.0 Å². The summed E-state index contributed by atoms with van der Waals surface area (Å²) < 4.78 is 10.6. The number of hydrogen-bond donors (Lipinski definition) is 9. The van der Waals surface area contributed by atoms with Crippen LogP contribution in [-0.2, 0) is 52.6 Å². The Morgan fingerprint density at radius 3 is 1.54 bits per heavy atom. The number of nitrogens with zero attached hydrogens (tertiary/aromatic N) is 4. The number of nitrogens with one attached hydrogen (secondary N) is 3. The number of nitrogens with two attached hydrogens (primary N) is 1. The van der Waals surface area contributed by atoms with Crippen molar-refractivity contribution in [2.24, 2.45) is 5.73 Å². The quantitative estimate of drug-likeness (QED) is 0.0351. The zero-order valence-electron chi connectivity index (χ0n) is 31.8. The van der Waals surface area contributed by atoms with Gasteiger partial charge in [-0.2, -0.15) is 0 Å². The number of primary amides is 1. The molecule has 4 amide bonds. The fourth-order valence-corrected chi connectivity index (χ4v) is 5.58. The molecule has 324 valence electrons. The maximum atomic E-state index is 12.6. The van der Waals surface area contributed by atoms with Crippen LogP contribution in [0.2, 0.25) is 0 Å². The van der Waals surface area contributed by atoms with Gasteiger partial charge in [0.25, 0.3) is 0 Å². The Bertz CT molecular complexity index is 1320. The van der Waals surface area contributed by atoms with Crippen molar-refractivity contribution in [3.63, 3.8) is 0 Å². The smallest absolute Gasteiger partial charge is 0.320 e. The number of hydrogen-bond acceptors (Lipinski definition) is 15. The van der Waals surface area contributed by atoms with E-state index in [0.717, 1.165) is 0 Å². The molecule has 0 aromatic carbocycles. The zero-order chi connectivity index (χ0) is 42.8. The van der Waals surface area contributed by atoms with Crippen molar-refractivity contribution in [2.75, 3.05) is 112 Å². The van der Waals surface area contributed by atoms with Crippen LogP contribution in [0.25, 0.3) is 0 Å². The van der Waals surface area contributed by atoms with Crippen molar-refractivity contribution in [3.8, 4) is 0 Å². The maximum Gasteiger partial charge on any atom is 0.320 e. The van der Waals surface area contributed by atoms with Gasteiger partial charge in [0.05, 0.1) is 39.5 Å². The van der Waals surface area contributed by atoms with Gasteiger partial charge in [-0.1, -0.05) is 0 Å². The summed E-state index contributed by atoms with van der Waals surface area (Å²) in [5.41, 5.74) is 5.03. The van der Waals surface area contributed by atoms with Crippen molar-refractivity contribution < 1.29 is 78.2 Å². The van der Waals surface area contributed by atoms with E-state index in [1.807, 2.05) is 0 Å². The lowest BCUT2D eigenvalue weighted by Crippen LogP contribution is -2.52. The SMILES string of the molecule is NC(=O)CCNC(=O)[C@@H](CCC(=O)O)NC(=O)COCCOCCNC(=O)CC[C@H](C(=O)O)N1CCN(CC(=O)O)CCN(CC(=O)O)CCN(CC(=O)O)CC1. The molecule has 1 aliphatic rings. The van der Waals surface area contributed by atoms with Crippen LogP contribution in [0, 0.1) is 0 Å². The first-order chi connectivity index (χ1) is 27.0. The van der Waals surface area contributed by atoms with Crippen LogP contribution < -0.4 is 21.7 Å². The van der Waals surface area contributed by atoms with E-state index in [0.29, 0.717) is 0 Å². The Balaban J connectivity index is 2.62. The van der Waals surface area contributed by atoms with Gasteiger partial charge in [0.2, 0.25) is 23.6 Å². The highest BCUT2D eigenvalue weighted by atomic mass is 16.5. The number of rotatable bonds is 27. The largest absolute Gasteiger partial charge is 0.481 e. The van der Waals surface area contributed by atoms with E-state index in [9.17, 15) is 63.6 Å². The van der Waals surface area contributed by atoms with Crippen LogP contribution in [-0.4, -0.2) is 222 Å². The number of carboxylic acids is 5. The summed E-state index contributed by atoms with van der Waals surface area (Å²) in [6, 6.07) is -2.36. The van der Waals surface area contributed by atoms with Gasteiger partial charge in [-0.15, -0.1) is 0 Å². The second-order valence-electron chi connectivity index (χ2n) is 13.0. The number of aliphatic carboxylic acids is 5. The van der Waals surface area contributed by atoms with E-state index in [1.54, 1.807) is 19.6 Å². The van der Waals surface area contributed by atoms with Crippen LogP contribution in [0.1, 0.15) is 32.1 Å². The maximum absolute atomic E-state index is 12.6. The first kappa shape index (κ1) is 50.0. The van der Waals surface area contributed by atoms with Gasteiger partial charge >= 0.3 is 29.8 Å². The van der Waals surface area contributed by atoms with Gasteiger partial charge in [0.1, 0.15) is 18.7 Å². The average molecular weight is 821 g/mol. The van der Waals surface area contributed by atoms with Crippen LogP contribution >= 0.6 is 0 Å². The molecule has 0 bridgehead atoms. The summed E-state index contributed by atoms with van der Waals surface area (Å²) in [6.45, 7) is -0.514. The minimum Gasteiger partial charge on any atom is -0.481 e. The van der Waals surface area contributed by atoms with Crippen molar-refractivity contribution in [2.45, 2.75) is 44.2 Å². The number of amides is 4. The molecule has 1 heterocycles. The van der Waals surface area contributed by atoms with Crippen molar-refractivity contribution in [1.82, 2.24) is 35.6 Å². The Hall–Kier alpha value is -5.01.